The number of aliphatic hydroxyl groups is 1. The topological polar surface area (TPSA) is 70.6 Å². The van der Waals surface area contributed by atoms with Gasteiger partial charge in [-0.2, -0.15) is 0 Å². The van der Waals surface area contributed by atoms with Crippen molar-refractivity contribution in [2.45, 2.75) is 19.6 Å². The second kappa shape index (κ2) is 9.84. The molecule has 1 unspecified atom stereocenters. The molecule has 5 nitrogen and oxygen atoms in total. The van der Waals surface area contributed by atoms with E-state index in [9.17, 15) is 18.7 Å². The molecule has 0 saturated carbocycles. The van der Waals surface area contributed by atoms with E-state index in [1.807, 2.05) is 49.4 Å². The number of anilines is 1. The normalized spacial score (nSPS) is 11.6. The lowest BCUT2D eigenvalue weighted by molar-refractivity contribution is 0.174. The highest BCUT2D eigenvalue weighted by Crippen LogP contribution is 2.26. The molecule has 3 rings (SSSR count). The van der Waals surface area contributed by atoms with E-state index in [1.54, 1.807) is 6.07 Å². The molecule has 0 fully saturated rings. The van der Waals surface area contributed by atoms with Crippen LogP contribution >= 0.6 is 0 Å². The fourth-order valence-electron chi connectivity index (χ4n) is 2.78. The monoisotopic (exact) mass is 412 g/mol. The average molecular weight is 412 g/mol. The fourth-order valence-corrected chi connectivity index (χ4v) is 2.78. The van der Waals surface area contributed by atoms with E-state index < -0.39 is 23.8 Å². The zero-order valence-corrected chi connectivity index (χ0v) is 16.4. The van der Waals surface area contributed by atoms with Crippen LogP contribution in [0.1, 0.15) is 22.8 Å². The largest absolute Gasteiger partial charge is 0.487 e. The Morgan fingerprint density at radius 3 is 2.53 bits per heavy atom. The summed E-state index contributed by atoms with van der Waals surface area (Å²) >= 11 is 0. The maximum atomic E-state index is 13.3. The number of aryl methyl sites for hydroxylation is 1. The van der Waals surface area contributed by atoms with Crippen LogP contribution in [0, 0.1) is 18.6 Å². The van der Waals surface area contributed by atoms with E-state index in [0.717, 1.165) is 23.3 Å². The van der Waals surface area contributed by atoms with Gasteiger partial charge in [0.1, 0.15) is 12.4 Å². The number of hydrogen-bond donors (Lipinski definition) is 3. The Balaban J connectivity index is 1.59. The van der Waals surface area contributed by atoms with Crippen LogP contribution < -0.4 is 15.4 Å². The van der Waals surface area contributed by atoms with Crippen molar-refractivity contribution in [2.75, 3.05) is 11.9 Å². The standard InChI is InChI=1S/C23H22F2N2O3/c1-15-7-10-20(22(11-15)30-14-16-5-3-2-4-6-16)27-23(29)26-13-21(28)17-8-9-18(24)19(25)12-17/h2-12,21,28H,13-14H2,1H3,(H2,26,27,29). The SMILES string of the molecule is Cc1ccc(NC(=O)NCC(O)c2ccc(F)c(F)c2)c(OCc2ccccc2)c1. The van der Waals surface area contributed by atoms with Gasteiger partial charge in [0, 0.05) is 6.54 Å². The number of amides is 2. The minimum absolute atomic E-state index is 0.163. The number of urea groups is 1. The van der Waals surface area contributed by atoms with Crippen LogP contribution in [0.15, 0.2) is 66.7 Å². The van der Waals surface area contributed by atoms with E-state index >= 15 is 0 Å². The lowest BCUT2D eigenvalue weighted by Gasteiger charge is -2.16. The Kier molecular flexibility index (Phi) is 6.98. The number of hydrogen-bond acceptors (Lipinski definition) is 3. The number of nitrogens with one attached hydrogen (secondary N) is 2. The molecule has 0 radical (unpaired) electrons. The second-order valence-electron chi connectivity index (χ2n) is 6.80. The molecule has 0 saturated heterocycles. The summed E-state index contributed by atoms with van der Waals surface area (Å²) in [6.45, 7) is 2.08. The maximum absolute atomic E-state index is 13.3. The highest BCUT2D eigenvalue weighted by Gasteiger charge is 2.14. The third-order valence-corrected chi connectivity index (χ3v) is 4.41. The lowest BCUT2D eigenvalue weighted by atomic mass is 10.1. The third-order valence-electron chi connectivity index (χ3n) is 4.41. The summed E-state index contributed by atoms with van der Waals surface area (Å²) in [6.07, 6.45) is -1.18. The molecule has 0 bridgehead atoms. The van der Waals surface area contributed by atoms with Crippen LogP contribution in [0.4, 0.5) is 19.3 Å². The average Bonchev–Trinajstić information content (AvgIpc) is 2.75. The molecule has 0 heterocycles. The number of aliphatic hydroxyl groups excluding tert-OH is 1. The van der Waals surface area contributed by atoms with Gasteiger partial charge < -0.3 is 20.5 Å². The number of ether oxygens (including phenoxy) is 1. The molecule has 0 aliphatic rings. The summed E-state index contributed by atoms with van der Waals surface area (Å²) in [4.78, 5) is 12.3. The van der Waals surface area contributed by atoms with Crippen molar-refractivity contribution < 1.29 is 23.4 Å². The first-order chi connectivity index (χ1) is 14.4. The van der Waals surface area contributed by atoms with Gasteiger partial charge in [-0.25, -0.2) is 13.6 Å². The minimum Gasteiger partial charge on any atom is -0.487 e. The van der Waals surface area contributed by atoms with Gasteiger partial charge in [-0.15, -0.1) is 0 Å². The minimum atomic E-state index is -1.18. The smallest absolute Gasteiger partial charge is 0.319 e. The summed E-state index contributed by atoms with van der Waals surface area (Å²) in [6, 6.07) is 17.5. The molecular weight excluding hydrogens is 390 g/mol. The number of benzene rings is 3. The molecule has 0 aliphatic carbocycles. The van der Waals surface area contributed by atoms with E-state index in [2.05, 4.69) is 10.6 Å². The van der Waals surface area contributed by atoms with Gasteiger partial charge in [-0.05, 0) is 47.9 Å². The first kappa shape index (κ1) is 21.3. The van der Waals surface area contributed by atoms with E-state index in [-0.39, 0.29) is 12.1 Å². The van der Waals surface area contributed by atoms with Gasteiger partial charge in [-0.1, -0.05) is 42.5 Å². The predicted molar refractivity (Wildman–Crippen MR) is 110 cm³/mol. The van der Waals surface area contributed by atoms with Crippen LogP contribution in [0.3, 0.4) is 0 Å². The lowest BCUT2D eigenvalue weighted by Crippen LogP contribution is -2.32. The maximum Gasteiger partial charge on any atom is 0.319 e. The van der Waals surface area contributed by atoms with Crippen molar-refractivity contribution in [1.82, 2.24) is 5.32 Å². The molecule has 3 aromatic rings. The number of rotatable bonds is 7. The molecule has 30 heavy (non-hydrogen) atoms. The molecule has 0 spiro atoms. The molecule has 7 heteroatoms. The molecule has 156 valence electrons. The number of carbonyl (C=O) groups is 1. The second-order valence-corrected chi connectivity index (χ2v) is 6.80. The zero-order chi connectivity index (χ0) is 21.5. The highest BCUT2D eigenvalue weighted by atomic mass is 19.2. The fraction of sp³-hybridized carbons (Fsp3) is 0.174. The molecule has 1 atom stereocenters. The van der Waals surface area contributed by atoms with Gasteiger partial charge >= 0.3 is 6.03 Å². The van der Waals surface area contributed by atoms with Gasteiger partial charge in [-0.3, -0.25) is 0 Å². The van der Waals surface area contributed by atoms with E-state index in [1.165, 1.54) is 6.07 Å². The van der Waals surface area contributed by atoms with Gasteiger partial charge in [0.15, 0.2) is 11.6 Å². The molecule has 0 aromatic heterocycles. The Morgan fingerprint density at radius 1 is 1.03 bits per heavy atom. The Labute approximate surface area is 173 Å². The van der Waals surface area contributed by atoms with Crippen molar-refractivity contribution >= 4 is 11.7 Å². The highest BCUT2D eigenvalue weighted by molar-refractivity contribution is 5.91. The van der Waals surface area contributed by atoms with Crippen LogP contribution in [-0.2, 0) is 6.61 Å². The number of carbonyl (C=O) groups excluding carboxylic acids is 1. The van der Waals surface area contributed by atoms with Crippen molar-refractivity contribution in [1.29, 1.82) is 0 Å². The van der Waals surface area contributed by atoms with Crippen LogP contribution in [-0.4, -0.2) is 17.7 Å². The molecular formula is C23H22F2N2O3. The quantitative estimate of drug-likeness (QED) is 0.527. The molecule has 3 aromatic carbocycles. The third kappa shape index (κ3) is 5.78. The van der Waals surface area contributed by atoms with Crippen molar-refractivity contribution in [2.24, 2.45) is 0 Å². The van der Waals surface area contributed by atoms with Gasteiger partial charge in [0.25, 0.3) is 0 Å². The summed E-state index contributed by atoms with van der Waals surface area (Å²) in [5, 5.41) is 15.3. The van der Waals surface area contributed by atoms with E-state index in [4.69, 9.17) is 4.74 Å². The van der Waals surface area contributed by atoms with Crippen LogP contribution in [0.25, 0.3) is 0 Å². The zero-order valence-electron chi connectivity index (χ0n) is 16.4. The van der Waals surface area contributed by atoms with Gasteiger partial charge in [0.2, 0.25) is 0 Å². The summed E-state index contributed by atoms with van der Waals surface area (Å²) in [7, 11) is 0. The first-order valence-electron chi connectivity index (χ1n) is 9.37. The number of halogens is 2. The van der Waals surface area contributed by atoms with Crippen molar-refractivity contribution in [3.63, 3.8) is 0 Å². The molecule has 3 N–H and O–H groups in total. The Bertz CT molecular complexity index is 1010. The molecule has 2 amide bonds. The Hall–Kier alpha value is -3.45. The van der Waals surface area contributed by atoms with Crippen LogP contribution in [0.5, 0.6) is 5.75 Å². The summed E-state index contributed by atoms with van der Waals surface area (Å²) in [5.41, 5.74) is 2.59. The summed E-state index contributed by atoms with van der Waals surface area (Å²) in [5.74, 6) is -1.55. The van der Waals surface area contributed by atoms with Crippen molar-refractivity contribution in [3.05, 3.63) is 95.1 Å². The first-order valence-corrected chi connectivity index (χ1v) is 9.37. The van der Waals surface area contributed by atoms with E-state index in [0.29, 0.717) is 18.0 Å². The summed E-state index contributed by atoms with van der Waals surface area (Å²) < 4.78 is 32.2. The van der Waals surface area contributed by atoms with Crippen LogP contribution in [0.2, 0.25) is 0 Å². The Morgan fingerprint density at radius 2 is 1.80 bits per heavy atom. The van der Waals surface area contributed by atoms with Gasteiger partial charge in [0.05, 0.1) is 11.8 Å². The van der Waals surface area contributed by atoms with Crippen molar-refractivity contribution in [3.8, 4) is 5.75 Å². The predicted octanol–water partition coefficient (Wildman–Crippen LogP) is 4.71. The molecule has 0 aliphatic heterocycles.